The van der Waals surface area contributed by atoms with Gasteiger partial charge in [0, 0.05) is 22.1 Å². The van der Waals surface area contributed by atoms with Crippen LogP contribution in [-0.2, 0) is 0 Å². The van der Waals surface area contributed by atoms with Gasteiger partial charge in [-0.3, -0.25) is 0 Å². The molecule has 0 amide bonds. The minimum atomic E-state index is 0.867. The van der Waals surface area contributed by atoms with Crippen molar-refractivity contribution in [1.29, 1.82) is 0 Å². The van der Waals surface area contributed by atoms with Gasteiger partial charge in [-0.15, -0.1) is 0 Å². The number of rotatable bonds is 6. The molecule has 52 heavy (non-hydrogen) atoms. The topological polar surface area (TPSA) is 16.4 Å². The Balaban J connectivity index is 1.22. The Kier molecular flexibility index (Phi) is 7.18. The predicted octanol–water partition coefficient (Wildman–Crippen LogP) is 14.4. The van der Waals surface area contributed by atoms with Crippen LogP contribution in [0.25, 0.3) is 76.9 Å². The van der Waals surface area contributed by atoms with Gasteiger partial charge >= 0.3 is 0 Å². The molecule has 0 radical (unpaired) electrons. The summed E-state index contributed by atoms with van der Waals surface area (Å²) in [4.78, 5) is 2.41. The summed E-state index contributed by atoms with van der Waals surface area (Å²) in [6.07, 6.45) is 0. The van der Waals surface area contributed by atoms with Gasteiger partial charge in [0.1, 0.15) is 11.2 Å². The van der Waals surface area contributed by atoms with Crippen molar-refractivity contribution >= 4 is 60.5 Å². The molecule has 0 aliphatic carbocycles. The van der Waals surface area contributed by atoms with Crippen molar-refractivity contribution in [3.8, 4) is 33.4 Å². The monoisotopic (exact) mass is 663 g/mol. The van der Waals surface area contributed by atoms with Crippen molar-refractivity contribution in [2.24, 2.45) is 0 Å². The zero-order valence-corrected chi connectivity index (χ0v) is 28.4. The highest BCUT2D eigenvalue weighted by atomic mass is 16.3. The summed E-state index contributed by atoms with van der Waals surface area (Å²) in [5.41, 5.74) is 12.1. The quantitative estimate of drug-likeness (QED) is 0.176. The Morgan fingerprint density at radius 3 is 1.46 bits per heavy atom. The SMILES string of the molecule is c1ccc(-c2ccc(N(c3ccc(-c4ccccc4)cc3)c3c4ccccc4cc4oc5ccc(-c6ccc7ccccc7c6)cc5c34)cc2)cc1. The Morgan fingerprint density at radius 2 is 0.808 bits per heavy atom. The minimum Gasteiger partial charge on any atom is -0.456 e. The van der Waals surface area contributed by atoms with Crippen molar-refractivity contribution in [2.45, 2.75) is 0 Å². The maximum absolute atomic E-state index is 6.71. The van der Waals surface area contributed by atoms with Gasteiger partial charge in [-0.05, 0) is 98.1 Å². The number of nitrogens with zero attached hydrogens (tertiary/aromatic N) is 1. The van der Waals surface area contributed by atoms with Crippen LogP contribution in [0.3, 0.4) is 0 Å². The molecule has 0 N–H and O–H groups in total. The first-order valence-electron chi connectivity index (χ1n) is 17.8. The second kappa shape index (κ2) is 12.5. The maximum Gasteiger partial charge on any atom is 0.138 e. The largest absolute Gasteiger partial charge is 0.456 e. The molecule has 0 unspecified atom stereocenters. The molecule has 0 bridgehead atoms. The standard InChI is InChI=1S/C50H33NO/c1-3-11-34(12-4-1)37-21-26-43(27-22-37)51(44-28-23-38(24-29-44)35-13-5-2-6-14-35)50-45-18-10-9-17-42(45)33-48-49(50)46-32-41(25-30-47(46)52-48)40-20-19-36-15-7-8-16-39(36)31-40/h1-33H. The number of anilines is 3. The van der Waals surface area contributed by atoms with Crippen LogP contribution in [0.2, 0.25) is 0 Å². The molecule has 2 heteroatoms. The molecular formula is C50H33NO. The van der Waals surface area contributed by atoms with Gasteiger partial charge in [-0.1, -0.05) is 152 Å². The van der Waals surface area contributed by atoms with E-state index in [-0.39, 0.29) is 0 Å². The van der Waals surface area contributed by atoms with Gasteiger partial charge in [-0.25, -0.2) is 0 Å². The van der Waals surface area contributed by atoms with E-state index in [0.29, 0.717) is 0 Å². The van der Waals surface area contributed by atoms with E-state index in [4.69, 9.17) is 4.42 Å². The lowest BCUT2D eigenvalue weighted by Crippen LogP contribution is -2.11. The second-order valence-corrected chi connectivity index (χ2v) is 13.4. The Bertz CT molecular complexity index is 2790. The number of hydrogen-bond donors (Lipinski definition) is 0. The van der Waals surface area contributed by atoms with Crippen LogP contribution in [0.5, 0.6) is 0 Å². The molecular weight excluding hydrogens is 631 g/mol. The van der Waals surface area contributed by atoms with Crippen molar-refractivity contribution in [3.63, 3.8) is 0 Å². The number of fused-ring (bicyclic) bond motifs is 5. The molecule has 0 aliphatic heterocycles. The van der Waals surface area contributed by atoms with E-state index in [1.54, 1.807) is 0 Å². The highest BCUT2D eigenvalue weighted by molar-refractivity contribution is 6.22. The average molecular weight is 664 g/mol. The molecule has 1 heterocycles. The van der Waals surface area contributed by atoms with Crippen LogP contribution in [0.15, 0.2) is 205 Å². The summed E-state index contributed by atoms with van der Waals surface area (Å²) in [5, 5.41) is 6.94. The fraction of sp³-hybridized carbons (Fsp3) is 0. The van der Waals surface area contributed by atoms with Gasteiger partial charge in [-0.2, -0.15) is 0 Å². The van der Waals surface area contributed by atoms with Crippen LogP contribution in [-0.4, -0.2) is 0 Å². The molecule has 0 atom stereocenters. The molecule has 0 saturated heterocycles. The van der Waals surface area contributed by atoms with Gasteiger partial charge in [0.2, 0.25) is 0 Å². The molecule has 1 aromatic heterocycles. The van der Waals surface area contributed by atoms with Crippen molar-refractivity contribution in [1.82, 2.24) is 0 Å². The summed E-state index contributed by atoms with van der Waals surface area (Å²) >= 11 is 0. The lowest BCUT2D eigenvalue weighted by molar-refractivity contribution is 0.669. The van der Waals surface area contributed by atoms with E-state index in [1.165, 1.54) is 38.6 Å². The van der Waals surface area contributed by atoms with Crippen molar-refractivity contribution < 1.29 is 4.42 Å². The zero-order valence-electron chi connectivity index (χ0n) is 28.4. The van der Waals surface area contributed by atoms with Crippen LogP contribution in [0, 0.1) is 0 Å². The first-order valence-corrected chi connectivity index (χ1v) is 17.8. The summed E-state index contributed by atoms with van der Waals surface area (Å²) in [5.74, 6) is 0. The smallest absolute Gasteiger partial charge is 0.138 e. The third kappa shape index (κ3) is 5.21. The van der Waals surface area contributed by atoms with Crippen LogP contribution < -0.4 is 4.90 Å². The second-order valence-electron chi connectivity index (χ2n) is 13.4. The molecule has 0 spiro atoms. The Labute approximate surface area is 302 Å². The molecule has 0 saturated carbocycles. The predicted molar refractivity (Wildman–Crippen MR) is 220 cm³/mol. The first-order chi connectivity index (χ1) is 25.8. The van der Waals surface area contributed by atoms with Crippen molar-refractivity contribution in [2.75, 3.05) is 4.90 Å². The molecule has 244 valence electrons. The van der Waals surface area contributed by atoms with Crippen molar-refractivity contribution in [3.05, 3.63) is 200 Å². The van der Waals surface area contributed by atoms with E-state index in [2.05, 4.69) is 205 Å². The van der Waals surface area contributed by atoms with Gasteiger partial charge < -0.3 is 9.32 Å². The highest BCUT2D eigenvalue weighted by Crippen LogP contribution is 2.48. The van der Waals surface area contributed by atoms with Gasteiger partial charge in [0.25, 0.3) is 0 Å². The number of furan rings is 1. The number of benzene rings is 9. The molecule has 0 aliphatic rings. The summed E-state index contributed by atoms with van der Waals surface area (Å²) < 4.78 is 6.71. The molecule has 10 aromatic rings. The number of hydrogen-bond acceptors (Lipinski definition) is 2. The molecule has 2 nitrogen and oxygen atoms in total. The zero-order chi connectivity index (χ0) is 34.4. The summed E-state index contributed by atoms with van der Waals surface area (Å²) in [6.45, 7) is 0. The lowest BCUT2D eigenvalue weighted by Gasteiger charge is -2.28. The third-order valence-corrected chi connectivity index (χ3v) is 10.2. The summed E-state index contributed by atoms with van der Waals surface area (Å²) in [7, 11) is 0. The fourth-order valence-corrected chi connectivity index (χ4v) is 7.63. The molecule has 0 fully saturated rings. The minimum absolute atomic E-state index is 0.867. The van der Waals surface area contributed by atoms with Crippen LogP contribution in [0.4, 0.5) is 17.1 Å². The van der Waals surface area contributed by atoms with E-state index in [0.717, 1.165) is 55.3 Å². The Hall–Kier alpha value is -6.90. The van der Waals surface area contributed by atoms with E-state index in [1.807, 2.05) is 0 Å². The van der Waals surface area contributed by atoms with E-state index < -0.39 is 0 Å². The van der Waals surface area contributed by atoms with Crippen LogP contribution in [0.1, 0.15) is 0 Å². The van der Waals surface area contributed by atoms with Gasteiger partial charge in [0.15, 0.2) is 0 Å². The fourth-order valence-electron chi connectivity index (χ4n) is 7.63. The van der Waals surface area contributed by atoms with Gasteiger partial charge in [0.05, 0.1) is 11.1 Å². The van der Waals surface area contributed by atoms with E-state index in [9.17, 15) is 0 Å². The molecule has 10 rings (SSSR count). The molecule has 9 aromatic carbocycles. The highest BCUT2D eigenvalue weighted by Gasteiger charge is 2.23. The average Bonchev–Trinajstić information content (AvgIpc) is 3.59. The maximum atomic E-state index is 6.71. The first kappa shape index (κ1) is 30.0. The van der Waals surface area contributed by atoms with Crippen LogP contribution >= 0.6 is 0 Å². The summed E-state index contributed by atoms with van der Waals surface area (Å²) in [6, 6.07) is 71.7. The van der Waals surface area contributed by atoms with E-state index >= 15 is 0 Å². The Morgan fingerprint density at radius 1 is 0.308 bits per heavy atom. The lowest BCUT2D eigenvalue weighted by atomic mass is 9.97. The normalized spacial score (nSPS) is 11.5. The third-order valence-electron chi connectivity index (χ3n) is 10.2.